The third kappa shape index (κ3) is 2.96. The van der Waals surface area contributed by atoms with Crippen LogP contribution in [0.1, 0.15) is 12.0 Å². The van der Waals surface area contributed by atoms with Crippen LogP contribution in [0.2, 0.25) is 0 Å². The molecule has 0 unspecified atom stereocenters. The molecule has 5 heteroatoms. The molecular weight excluding hydrogens is 218 g/mol. The van der Waals surface area contributed by atoms with E-state index in [1.807, 2.05) is 31.2 Å². The van der Waals surface area contributed by atoms with Gasteiger partial charge in [0.1, 0.15) is 18.2 Å². The van der Waals surface area contributed by atoms with E-state index in [0.29, 0.717) is 19.0 Å². The minimum absolute atomic E-state index is 0.0741. The van der Waals surface area contributed by atoms with Crippen LogP contribution in [-0.2, 0) is 4.79 Å². The van der Waals surface area contributed by atoms with Crippen molar-refractivity contribution in [2.24, 2.45) is 10.8 Å². The lowest BCUT2D eigenvalue weighted by Gasteiger charge is -2.12. The maximum atomic E-state index is 11.3. The molecule has 2 rings (SSSR count). The Labute approximate surface area is 99.9 Å². The van der Waals surface area contributed by atoms with Gasteiger partial charge < -0.3 is 10.5 Å². The summed E-state index contributed by atoms with van der Waals surface area (Å²) in [4.78, 5) is 11.3. The van der Waals surface area contributed by atoms with Crippen molar-refractivity contribution < 1.29 is 9.53 Å². The number of hydrogen-bond donors (Lipinski definition) is 1. The summed E-state index contributed by atoms with van der Waals surface area (Å²) >= 11 is 0. The molecule has 1 amide bonds. The average molecular weight is 233 g/mol. The molecule has 0 saturated carbocycles. The molecule has 0 aromatic heterocycles. The van der Waals surface area contributed by atoms with Gasteiger partial charge in [-0.1, -0.05) is 17.7 Å². The topological polar surface area (TPSA) is 67.9 Å². The second kappa shape index (κ2) is 4.86. The van der Waals surface area contributed by atoms with E-state index in [1.165, 1.54) is 10.6 Å². The van der Waals surface area contributed by atoms with E-state index < -0.39 is 0 Å². The normalized spacial score (nSPS) is 15.0. The van der Waals surface area contributed by atoms with Gasteiger partial charge in [0.25, 0.3) is 0 Å². The highest BCUT2D eigenvalue weighted by Gasteiger charge is 2.21. The molecule has 0 saturated heterocycles. The Morgan fingerprint density at radius 2 is 2.12 bits per heavy atom. The van der Waals surface area contributed by atoms with Gasteiger partial charge in [-0.05, 0) is 19.1 Å². The Bertz CT molecular complexity index is 440. The Morgan fingerprint density at radius 1 is 1.41 bits per heavy atom. The molecule has 1 heterocycles. The molecule has 0 aliphatic carbocycles. The predicted molar refractivity (Wildman–Crippen MR) is 64.6 cm³/mol. The summed E-state index contributed by atoms with van der Waals surface area (Å²) in [6.45, 7) is 2.85. The van der Waals surface area contributed by atoms with Crippen LogP contribution in [-0.4, -0.2) is 29.9 Å². The zero-order valence-electron chi connectivity index (χ0n) is 9.72. The molecule has 1 aliphatic heterocycles. The van der Waals surface area contributed by atoms with Crippen LogP contribution >= 0.6 is 0 Å². The lowest BCUT2D eigenvalue weighted by molar-refractivity contribution is -0.129. The Hall–Kier alpha value is -2.04. The van der Waals surface area contributed by atoms with Gasteiger partial charge in [-0.2, -0.15) is 5.10 Å². The predicted octanol–water partition coefficient (Wildman–Crippen LogP) is 0.878. The number of amidine groups is 1. The highest BCUT2D eigenvalue weighted by Crippen LogP contribution is 2.12. The molecule has 0 atom stereocenters. The molecule has 2 N–H and O–H groups in total. The van der Waals surface area contributed by atoms with E-state index in [9.17, 15) is 4.79 Å². The molecule has 0 radical (unpaired) electrons. The summed E-state index contributed by atoms with van der Waals surface area (Å²) in [5, 5.41) is 5.26. The highest BCUT2D eigenvalue weighted by atomic mass is 16.5. The largest absolute Gasteiger partial charge is 0.492 e. The molecule has 90 valence electrons. The first-order valence-corrected chi connectivity index (χ1v) is 5.48. The van der Waals surface area contributed by atoms with Crippen molar-refractivity contribution >= 4 is 11.7 Å². The number of amides is 1. The fourth-order valence-electron chi connectivity index (χ4n) is 1.55. The van der Waals surface area contributed by atoms with E-state index >= 15 is 0 Å². The minimum Gasteiger partial charge on any atom is -0.492 e. The summed E-state index contributed by atoms with van der Waals surface area (Å²) in [5.74, 6) is 1.08. The summed E-state index contributed by atoms with van der Waals surface area (Å²) in [7, 11) is 0. The molecule has 1 aromatic carbocycles. The van der Waals surface area contributed by atoms with E-state index in [4.69, 9.17) is 10.5 Å². The van der Waals surface area contributed by atoms with Gasteiger partial charge in [0, 0.05) is 0 Å². The summed E-state index contributed by atoms with van der Waals surface area (Å²) in [6.07, 6.45) is 0.213. The van der Waals surface area contributed by atoms with Crippen molar-refractivity contribution in [3.05, 3.63) is 29.8 Å². The van der Waals surface area contributed by atoms with Gasteiger partial charge in [0.15, 0.2) is 0 Å². The van der Waals surface area contributed by atoms with Crippen LogP contribution in [0.5, 0.6) is 5.75 Å². The van der Waals surface area contributed by atoms with Gasteiger partial charge >= 0.3 is 0 Å². The second-order valence-electron chi connectivity index (χ2n) is 3.95. The molecule has 1 aromatic rings. The molecular formula is C12H15N3O2. The number of carbonyl (C=O) groups is 1. The van der Waals surface area contributed by atoms with Crippen molar-refractivity contribution in [2.75, 3.05) is 13.2 Å². The first-order chi connectivity index (χ1) is 8.15. The van der Waals surface area contributed by atoms with E-state index in [0.717, 1.165) is 5.75 Å². The fraction of sp³-hybridized carbons (Fsp3) is 0.333. The lowest BCUT2D eigenvalue weighted by Crippen LogP contribution is -2.26. The quantitative estimate of drug-likeness (QED) is 0.839. The van der Waals surface area contributed by atoms with Crippen LogP contribution in [0.25, 0.3) is 0 Å². The maximum Gasteiger partial charge on any atom is 0.250 e. The molecule has 0 bridgehead atoms. The summed E-state index contributed by atoms with van der Waals surface area (Å²) < 4.78 is 5.50. The number of hydrazone groups is 1. The summed E-state index contributed by atoms with van der Waals surface area (Å²) in [6, 6.07) is 7.76. The number of nitrogens with zero attached hydrogens (tertiary/aromatic N) is 2. The Balaban J connectivity index is 1.80. The highest BCUT2D eigenvalue weighted by molar-refractivity contribution is 6.02. The number of benzene rings is 1. The molecule has 1 aliphatic rings. The van der Waals surface area contributed by atoms with Crippen LogP contribution in [0.4, 0.5) is 0 Å². The zero-order chi connectivity index (χ0) is 12.3. The minimum atomic E-state index is -0.0741. The SMILES string of the molecule is Cc1ccc(OCCN2N=C(N)CC2=O)cc1. The third-order valence-electron chi connectivity index (χ3n) is 2.46. The van der Waals surface area contributed by atoms with E-state index in [1.54, 1.807) is 0 Å². The van der Waals surface area contributed by atoms with Crippen LogP contribution in [0, 0.1) is 6.92 Å². The zero-order valence-corrected chi connectivity index (χ0v) is 9.72. The molecule has 0 spiro atoms. The number of hydrogen-bond acceptors (Lipinski definition) is 4. The second-order valence-corrected chi connectivity index (χ2v) is 3.95. The number of aryl methyl sites for hydroxylation is 1. The van der Waals surface area contributed by atoms with Gasteiger partial charge in [0.05, 0.1) is 13.0 Å². The van der Waals surface area contributed by atoms with Crippen LogP contribution in [0.3, 0.4) is 0 Å². The average Bonchev–Trinajstić information content (AvgIpc) is 2.60. The lowest BCUT2D eigenvalue weighted by atomic mass is 10.2. The number of ether oxygens (including phenoxy) is 1. The van der Waals surface area contributed by atoms with Gasteiger partial charge in [-0.25, -0.2) is 5.01 Å². The van der Waals surface area contributed by atoms with Crippen molar-refractivity contribution in [3.63, 3.8) is 0 Å². The van der Waals surface area contributed by atoms with E-state index in [-0.39, 0.29) is 12.3 Å². The third-order valence-corrected chi connectivity index (χ3v) is 2.46. The summed E-state index contributed by atoms with van der Waals surface area (Å²) in [5.41, 5.74) is 6.65. The Morgan fingerprint density at radius 3 is 2.71 bits per heavy atom. The Kier molecular flexibility index (Phi) is 3.27. The van der Waals surface area contributed by atoms with Crippen molar-refractivity contribution in [3.8, 4) is 5.75 Å². The van der Waals surface area contributed by atoms with Crippen molar-refractivity contribution in [1.82, 2.24) is 5.01 Å². The standard InChI is InChI=1S/C12H15N3O2/c1-9-2-4-10(5-3-9)17-7-6-15-12(16)8-11(13)14-15/h2-5H,6-8H2,1H3,(H2,13,14). The van der Waals surface area contributed by atoms with Gasteiger partial charge in [-0.15, -0.1) is 0 Å². The first-order valence-electron chi connectivity index (χ1n) is 5.48. The number of nitrogens with two attached hydrogens (primary N) is 1. The molecule has 5 nitrogen and oxygen atoms in total. The number of rotatable bonds is 4. The maximum absolute atomic E-state index is 11.3. The number of carbonyl (C=O) groups excluding carboxylic acids is 1. The van der Waals surface area contributed by atoms with Crippen LogP contribution < -0.4 is 10.5 Å². The first kappa shape index (κ1) is 11.4. The monoisotopic (exact) mass is 233 g/mol. The smallest absolute Gasteiger partial charge is 0.250 e. The molecule has 17 heavy (non-hydrogen) atoms. The van der Waals surface area contributed by atoms with Gasteiger partial charge in [-0.3, -0.25) is 4.79 Å². The van der Waals surface area contributed by atoms with E-state index in [2.05, 4.69) is 5.10 Å². The molecule has 0 fully saturated rings. The van der Waals surface area contributed by atoms with Crippen molar-refractivity contribution in [1.29, 1.82) is 0 Å². The van der Waals surface area contributed by atoms with Gasteiger partial charge in [0.2, 0.25) is 5.91 Å². The van der Waals surface area contributed by atoms with Crippen LogP contribution in [0.15, 0.2) is 29.4 Å². The fourth-order valence-corrected chi connectivity index (χ4v) is 1.55. The van der Waals surface area contributed by atoms with Crippen molar-refractivity contribution in [2.45, 2.75) is 13.3 Å².